The average molecular weight is 380 g/mol. The highest BCUT2D eigenvalue weighted by atomic mass is 35.5. The van der Waals surface area contributed by atoms with E-state index in [1.807, 2.05) is 5.38 Å². The Labute approximate surface area is 154 Å². The van der Waals surface area contributed by atoms with Gasteiger partial charge in [0.1, 0.15) is 6.61 Å². The first-order valence-electron chi connectivity index (χ1n) is 7.78. The van der Waals surface area contributed by atoms with E-state index in [4.69, 9.17) is 16.3 Å². The molecule has 1 aromatic heterocycles. The molecule has 0 saturated carbocycles. The highest BCUT2D eigenvalue weighted by Gasteiger charge is 2.10. The number of nitrogens with one attached hydrogen (secondary N) is 1. The maximum atomic E-state index is 11.8. The molecule has 0 aliphatic rings. The van der Waals surface area contributed by atoms with E-state index >= 15 is 0 Å². The Morgan fingerprint density at radius 3 is 2.48 bits per heavy atom. The highest BCUT2D eigenvalue weighted by Crippen LogP contribution is 2.12. The molecule has 5 nitrogen and oxygen atoms in total. The number of carbonyl (C=O) groups is 3. The molecule has 0 unspecified atom stereocenters. The molecule has 132 valence electrons. The van der Waals surface area contributed by atoms with Gasteiger partial charge in [-0.05, 0) is 29.1 Å². The summed E-state index contributed by atoms with van der Waals surface area (Å²) in [6, 6.07) is 10.5. The molecule has 0 atom stereocenters. The third-order valence-corrected chi connectivity index (χ3v) is 4.50. The zero-order chi connectivity index (χ0) is 18.1. The number of ether oxygens (including phenoxy) is 1. The Hall–Kier alpha value is -2.18. The van der Waals surface area contributed by atoms with Gasteiger partial charge in [0, 0.05) is 24.4 Å². The molecular formula is C18H18ClNO4S. The summed E-state index contributed by atoms with van der Waals surface area (Å²) in [7, 11) is 0. The molecule has 0 radical (unpaired) electrons. The van der Waals surface area contributed by atoms with Crippen LogP contribution >= 0.6 is 22.9 Å². The van der Waals surface area contributed by atoms with Crippen molar-refractivity contribution in [3.05, 3.63) is 57.2 Å². The van der Waals surface area contributed by atoms with Crippen LogP contribution in [0.2, 0.25) is 5.02 Å². The van der Waals surface area contributed by atoms with Crippen molar-refractivity contribution in [2.75, 3.05) is 6.54 Å². The average Bonchev–Trinajstić information content (AvgIpc) is 3.14. The van der Waals surface area contributed by atoms with Crippen molar-refractivity contribution in [1.82, 2.24) is 5.32 Å². The van der Waals surface area contributed by atoms with E-state index in [0.29, 0.717) is 9.90 Å². The van der Waals surface area contributed by atoms with Crippen molar-refractivity contribution in [1.29, 1.82) is 0 Å². The molecule has 2 rings (SSSR count). The number of Topliss-reactive ketones (excluding diaryl/α,β-unsaturated/α-hetero) is 1. The molecule has 7 heteroatoms. The summed E-state index contributed by atoms with van der Waals surface area (Å²) >= 11 is 7.14. The molecule has 0 bridgehead atoms. The van der Waals surface area contributed by atoms with Crippen molar-refractivity contribution in [2.45, 2.75) is 25.9 Å². The predicted octanol–water partition coefficient (Wildman–Crippen LogP) is 3.61. The molecule has 0 saturated heterocycles. The quantitative estimate of drug-likeness (QED) is 0.533. The SMILES string of the molecule is O=C(CCC(=O)c1cccs1)NCCC(=O)OCc1ccc(Cl)cc1. The Balaban J connectivity index is 1.58. The van der Waals surface area contributed by atoms with Crippen LogP contribution in [-0.4, -0.2) is 24.2 Å². The summed E-state index contributed by atoms with van der Waals surface area (Å²) in [4.78, 5) is 35.8. The van der Waals surface area contributed by atoms with Gasteiger partial charge in [0.25, 0.3) is 0 Å². The van der Waals surface area contributed by atoms with Gasteiger partial charge in [-0.2, -0.15) is 0 Å². The summed E-state index contributed by atoms with van der Waals surface area (Å²) in [6.07, 6.45) is 0.349. The van der Waals surface area contributed by atoms with Gasteiger partial charge in [0.15, 0.2) is 5.78 Å². The monoisotopic (exact) mass is 379 g/mol. The number of esters is 1. The Morgan fingerprint density at radius 1 is 1.04 bits per heavy atom. The predicted molar refractivity (Wildman–Crippen MR) is 96.8 cm³/mol. The molecule has 0 fully saturated rings. The first-order chi connectivity index (χ1) is 12.0. The summed E-state index contributed by atoms with van der Waals surface area (Å²) in [5.74, 6) is -0.701. The van der Waals surface area contributed by atoms with Crippen LogP contribution in [-0.2, 0) is 20.9 Å². The van der Waals surface area contributed by atoms with Crippen LogP contribution in [0.1, 0.15) is 34.5 Å². The first-order valence-corrected chi connectivity index (χ1v) is 9.04. The molecule has 0 spiro atoms. The van der Waals surface area contributed by atoms with Crippen LogP contribution in [0, 0.1) is 0 Å². The Kier molecular flexibility index (Phi) is 7.63. The first kappa shape index (κ1) is 19.1. The lowest BCUT2D eigenvalue weighted by Crippen LogP contribution is -2.26. The number of amides is 1. The third-order valence-electron chi connectivity index (χ3n) is 3.34. The van der Waals surface area contributed by atoms with Gasteiger partial charge >= 0.3 is 5.97 Å². The third kappa shape index (κ3) is 7.07. The second-order valence-electron chi connectivity index (χ2n) is 5.29. The number of halogens is 1. The fourth-order valence-electron chi connectivity index (χ4n) is 2.00. The van der Waals surface area contributed by atoms with E-state index in [9.17, 15) is 14.4 Å². The maximum absolute atomic E-state index is 11.8. The number of thiophene rings is 1. The second-order valence-corrected chi connectivity index (χ2v) is 6.67. The van der Waals surface area contributed by atoms with E-state index in [1.165, 1.54) is 11.3 Å². The van der Waals surface area contributed by atoms with Gasteiger partial charge in [-0.15, -0.1) is 11.3 Å². The number of ketones is 1. The van der Waals surface area contributed by atoms with Crippen LogP contribution in [0.5, 0.6) is 0 Å². The molecule has 2 aromatic rings. The van der Waals surface area contributed by atoms with Crippen molar-refractivity contribution in [3.8, 4) is 0 Å². The lowest BCUT2D eigenvalue weighted by Gasteiger charge is -2.06. The van der Waals surface area contributed by atoms with Gasteiger partial charge in [-0.3, -0.25) is 14.4 Å². The van der Waals surface area contributed by atoms with Crippen LogP contribution in [0.4, 0.5) is 0 Å². The lowest BCUT2D eigenvalue weighted by molar-refractivity contribution is -0.144. The molecule has 1 N–H and O–H groups in total. The summed E-state index contributed by atoms with van der Waals surface area (Å²) < 4.78 is 5.11. The zero-order valence-electron chi connectivity index (χ0n) is 13.5. The van der Waals surface area contributed by atoms with E-state index in [-0.39, 0.29) is 44.1 Å². The molecule has 0 aliphatic carbocycles. The summed E-state index contributed by atoms with van der Waals surface area (Å²) in [6.45, 7) is 0.352. The second kappa shape index (κ2) is 9.96. The van der Waals surface area contributed by atoms with Gasteiger partial charge in [-0.1, -0.05) is 29.8 Å². The fourth-order valence-corrected chi connectivity index (χ4v) is 2.82. The van der Waals surface area contributed by atoms with Gasteiger partial charge in [0.2, 0.25) is 5.91 Å². The fraction of sp³-hybridized carbons (Fsp3) is 0.278. The highest BCUT2D eigenvalue weighted by molar-refractivity contribution is 7.12. The van der Waals surface area contributed by atoms with E-state index in [2.05, 4.69) is 5.32 Å². The molecule has 1 aromatic carbocycles. The van der Waals surface area contributed by atoms with Crippen molar-refractivity contribution >= 4 is 40.6 Å². The van der Waals surface area contributed by atoms with Crippen LogP contribution in [0.15, 0.2) is 41.8 Å². The van der Waals surface area contributed by atoms with Crippen molar-refractivity contribution < 1.29 is 19.1 Å². The standard InChI is InChI=1S/C18H18ClNO4S/c19-14-5-3-13(4-6-14)12-24-18(23)9-10-20-17(22)8-7-15(21)16-2-1-11-25-16/h1-6,11H,7-10,12H2,(H,20,22). The van der Waals surface area contributed by atoms with Gasteiger partial charge in [0.05, 0.1) is 11.3 Å². The maximum Gasteiger partial charge on any atom is 0.307 e. The molecule has 25 heavy (non-hydrogen) atoms. The minimum Gasteiger partial charge on any atom is -0.461 e. The van der Waals surface area contributed by atoms with Gasteiger partial charge < -0.3 is 10.1 Å². The number of hydrogen-bond donors (Lipinski definition) is 1. The minimum atomic E-state index is -0.398. The lowest BCUT2D eigenvalue weighted by atomic mass is 10.2. The van der Waals surface area contributed by atoms with E-state index in [0.717, 1.165) is 5.56 Å². The molecule has 0 aliphatic heterocycles. The smallest absolute Gasteiger partial charge is 0.307 e. The van der Waals surface area contributed by atoms with E-state index < -0.39 is 5.97 Å². The van der Waals surface area contributed by atoms with E-state index in [1.54, 1.807) is 36.4 Å². The number of benzene rings is 1. The molecule has 1 heterocycles. The summed E-state index contributed by atoms with van der Waals surface area (Å²) in [5, 5.41) is 5.06. The van der Waals surface area contributed by atoms with Crippen molar-refractivity contribution in [3.63, 3.8) is 0 Å². The minimum absolute atomic E-state index is 0.0486. The zero-order valence-corrected chi connectivity index (χ0v) is 15.1. The Bertz CT molecular complexity index is 713. The van der Waals surface area contributed by atoms with Crippen LogP contribution in [0.25, 0.3) is 0 Å². The summed E-state index contributed by atoms with van der Waals surface area (Å²) in [5.41, 5.74) is 0.842. The molecular weight excluding hydrogens is 362 g/mol. The van der Waals surface area contributed by atoms with Crippen LogP contribution < -0.4 is 5.32 Å². The van der Waals surface area contributed by atoms with Gasteiger partial charge in [-0.25, -0.2) is 0 Å². The molecule has 1 amide bonds. The largest absolute Gasteiger partial charge is 0.461 e. The normalized spacial score (nSPS) is 10.3. The topological polar surface area (TPSA) is 72.5 Å². The van der Waals surface area contributed by atoms with Crippen LogP contribution in [0.3, 0.4) is 0 Å². The number of hydrogen-bond acceptors (Lipinski definition) is 5. The number of carbonyl (C=O) groups excluding carboxylic acids is 3. The number of rotatable bonds is 9. The van der Waals surface area contributed by atoms with Crippen molar-refractivity contribution in [2.24, 2.45) is 0 Å². The Morgan fingerprint density at radius 2 is 1.80 bits per heavy atom.